The van der Waals surface area contributed by atoms with Crippen LogP contribution in [0.1, 0.15) is 50.1 Å². The Bertz CT molecular complexity index is 551. The van der Waals surface area contributed by atoms with E-state index in [4.69, 9.17) is 5.84 Å². The van der Waals surface area contributed by atoms with Gasteiger partial charge in [0.2, 0.25) is 0 Å². The fourth-order valence-corrected chi connectivity index (χ4v) is 3.65. The van der Waals surface area contributed by atoms with Gasteiger partial charge in [-0.2, -0.15) is 0 Å². The molecular weight excluding hydrogens is 244 g/mol. The number of hydrogen-bond donors (Lipinski definition) is 2. The summed E-state index contributed by atoms with van der Waals surface area (Å²) in [7, 11) is 0. The smallest absolute Gasteiger partial charge is 0.0494 e. The summed E-state index contributed by atoms with van der Waals surface area (Å²) in [6, 6.07) is 15.5. The topological polar surface area (TPSA) is 38.0 Å². The van der Waals surface area contributed by atoms with Crippen LogP contribution in [-0.2, 0) is 0 Å². The summed E-state index contributed by atoms with van der Waals surface area (Å²) in [6.07, 6.45) is 8.02. The summed E-state index contributed by atoms with van der Waals surface area (Å²) in [6.45, 7) is 0. The lowest BCUT2D eigenvalue weighted by atomic mass is 9.85. The average molecular weight is 268 g/mol. The van der Waals surface area contributed by atoms with E-state index in [0.29, 0.717) is 5.92 Å². The van der Waals surface area contributed by atoms with E-state index >= 15 is 0 Å². The first-order valence-corrected chi connectivity index (χ1v) is 7.84. The zero-order valence-electron chi connectivity index (χ0n) is 12.0. The second-order valence-electron chi connectivity index (χ2n) is 5.96. The van der Waals surface area contributed by atoms with Gasteiger partial charge >= 0.3 is 0 Å². The van der Waals surface area contributed by atoms with Crippen molar-refractivity contribution in [2.75, 3.05) is 0 Å². The second kappa shape index (κ2) is 6.38. The average Bonchev–Trinajstić information content (AvgIpc) is 2.78. The molecular formula is C18H24N2. The van der Waals surface area contributed by atoms with Crippen LogP contribution in [0, 0.1) is 5.92 Å². The zero-order chi connectivity index (χ0) is 13.8. The Morgan fingerprint density at radius 1 is 0.900 bits per heavy atom. The molecule has 1 aliphatic carbocycles. The second-order valence-corrected chi connectivity index (χ2v) is 5.96. The molecule has 0 spiro atoms. The molecule has 3 N–H and O–H groups in total. The summed E-state index contributed by atoms with van der Waals surface area (Å²) in [4.78, 5) is 0. The number of fused-ring (bicyclic) bond motifs is 1. The SMILES string of the molecule is NNC(c1cccc2ccccc12)C1CCCCCC1. The molecule has 20 heavy (non-hydrogen) atoms. The van der Waals surface area contributed by atoms with Crippen LogP contribution >= 0.6 is 0 Å². The molecule has 3 rings (SSSR count). The third-order valence-corrected chi connectivity index (χ3v) is 4.71. The molecule has 1 atom stereocenters. The third kappa shape index (κ3) is 2.72. The molecule has 0 amide bonds. The first kappa shape index (κ1) is 13.6. The first-order valence-electron chi connectivity index (χ1n) is 7.84. The Morgan fingerprint density at radius 2 is 1.60 bits per heavy atom. The minimum Gasteiger partial charge on any atom is -0.271 e. The van der Waals surface area contributed by atoms with Crippen molar-refractivity contribution < 1.29 is 0 Å². The van der Waals surface area contributed by atoms with Crippen molar-refractivity contribution in [2.24, 2.45) is 11.8 Å². The summed E-state index contributed by atoms with van der Waals surface area (Å²) in [5, 5.41) is 2.64. The first-order chi connectivity index (χ1) is 9.90. The molecule has 106 valence electrons. The summed E-state index contributed by atoms with van der Waals surface area (Å²) in [5.74, 6) is 6.59. The van der Waals surface area contributed by atoms with E-state index in [1.165, 1.54) is 54.9 Å². The van der Waals surface area contributed by atoms with Gasteiger partial charge in [0.1, 0.15) is 0 Å². The third-order valence-electron chi connectivity index (χ3n) is 4.71. The van der Waals surface area contributed by atoms with Crippen molar-refractivity contribution in [3.8, 4) is 0 Å². The van der Waals surface area contributed by atoms with Crippen LogP contribution < -0.4 is 11.3 Å². The quantitative estimate of drug-likeness (QED) is 0.494. The van der Waals surface area contributed by atoms with E-state index in [9.17, 15) is 0 Å². The van der Waals surface area contributed by atoms with E-state index in [0.717, 1.165) is 0 Å². The number of hydrogen-bond acceptors (Lipinski definition) is 2. The van der Waals surface area contributed by atoms with Crippen molar-refractivity contribution in [3.63, 3.8) is 0 Å². The highest BCUT2D eigenvalue weighted by molar-refractivity contribution is 5.86. The fraction of sp³-hybridized carbons (Fsp3) is 0.444. The van der Waals surface area contributed by atoms with Crippen LogP contribution in [0.2, 0.25) is 0 Å². The summed E-state index contributed by atoms with van der Waals surface area (Å²) < 4.78 is 0. The van der Waals surface area contributed by atoms with E-state index in [2.05, 4.69) is 47.9 Å². The molecule has 1 fully saturated rings. The Labute approximate surface area is 121 Å². The minimum atomic E-state index is 0.277. The van der Waals surface area contributed by atoms with E-state index in [1.807, 2.05) is 0 Å². The standard InChI is InChI=1S/C18H24N2/c19-20-18(15-9-3-1-2-4-10-15)17-13-7-11-14-8-5-6-12-16(14)17/h5-8,11-13,15,18,20H,1-4,9-10,19H2. The molecule has 2 aromatic rings. The minimum absolute atomic E-state index is 0.277. The predicted molar refractivity (Wildman–Crippen MR) is 85.2 cm³/mol. The molecule has 0 aromatic heterocycles. The number of benzene rings is 2. The highest BCUT2D eigenvalue weighted by Crippen LogP contribution is 2.35. The van der Waals surface area contributed by atoms with Gasteiger partial charge in [0.15, 0.2) is 0 Å². The number of nitrogens with two attached hydrogens (primary N) is 1. The van der Waals surface area contributed by atoms with Crippen molar-refractivity contribution in [3.05, 3.63) is 48.0 Å². The monoisotopic (exact) mass is 268 g/mol. The van der Waals surface area contributed by atoms with E-state index in [-0.39, 0.29) is 6.04 Å². The Balaban J connectivity index is 1.98. The van der Waals surface area contributed by atoms with Crippen LogP contribution in [0.15, 0.2) is 42.5 Å². The van der Waals surface area contributed by atoms with Gasteiger partial charge < -0.3 is 0 Å². The fourth-order valence-electron chi connectivity index (χ4n) is 3.65. The highest BCUT2D eigenvalue weighted by Gasteiger charge is 2.24. The van der Waals surface area contributed by atoms with Crippen molar-refractivity contribution >= 4 is 10.8 Å². The van der Waals surface area contributed by atoms with Gasteiger partial charge in [0.05, 0.1) is 0 Å². The lowest BCUT2D eigenvalue weighted by Crippen LogP contribution is -2.33. The van der Waals surface area contributed by atoms with Gasteiger partial charge in [-0.15, -0.1) is 0 Å². The molecule has 2 heteroatoms. The Kier molecular flexibility index (Phi) is 4.34. The molecule has 1 aliphatic rings. The van der Waals surface area contributed by atoms with Crippen molar-refractivity contribution in [2.45, 2.75) is 44.6 Å². The molecule has 0 heterocycles. The molecule has 1 saturated carbocycles. The highest BCUT2D eigenvalue weighted by atomic mass is 15.2. The van der Waals surface area contributed by atoms with Crippen LogP contribution in [0.25, 0.3) is 10.8 Å². The maximum atomic E-state index is 5.93. The normalized spacial score (nSPS) is 18.9. The molecule has 0 radical (unpaired) electrons. The van der Waals surface area contributed by atoms with Crippen molar-refractivity contribution in [1.82, 2.24) is 5.43 Å². The zero-order valence-corrected chi connectivity index (χ0v) is 12.0. The lowest BCUT2D eigenvalue weighted by Gasteiger charge is -2.27. The van der Waals surface area contributed by atoms with Crippen LogP contribution in [-0.4, -0.2) is 0 Å². The summed E-state index contributed by atoms with van der Waals surface area (Å²) >= 11 is 0. The molecule has 2 nitrogen and oxygen atoms in total. The van der Waals surface area contributed by atoms with E-state index < -0.39 is 0 Å². The van der Waals surface area contributed by atoms with Gasteiger partial charge in [0, 0.05) is 6.04 Å². The molecule has 0 aliphatic heterocycles. The number of hydrazine groups is 1. The van der Waals surface area contributed by atoms with Gasteiger partial charge in [-0.25, -0.2) is 0 Å². The molecule has 1 unspecified atom stereocenters. The molecule has 0 bridgehead atoms. The van der Waals surface area contributed by atoms with Crippen LogP contribution in [0.3, 0.4) is 0 Å². The largest absolute Gasteiger partial charge is 0.271 e. The lowest BCUT2D eigenvalue weighted by molar-refractivity contribution is 0.331. The van der Waals surface area contributed by atoms with Crippen molar-refractivity contribution in [1.29, 1.82) is 0 Å². The molecule has 2 aromatic carbocycles. The van der Waals surface area contributed by atoms with E-state index in [1.54, 1.807) is 0 Å². The van der Waals surface area contributed by atoms with Crippen LogP contribution in [0.4, 0.5) is 0 Å². The number of nitrogens with one attached hydrogen (secondary N) is 1. The predicted octanol–water partition coefficient (Wildman–Crippen LogP) is 4.31. The van der Waals surface area contributed by atoms with Gasteiger partial charge in [0.25, 0.3) is 0 Å². The Hall–Kier alpha value is -1.38. The summed E-state index contributed by atoms with van der Waals surface area (Å²) in [5.41, 5.74) is 4.47. The Morgan fingerprint density at radius 3 is 2.35 bits per heavy atom. The maximum Gasteiger partial charge on any atom is 0.0494 e. The van der Waals surface area contributed by atoms with Gasteiger partial charge in [-0.05, 0) is 35.1 Å². The maximum absolute atomic E-state index is 5.93. The number of rotatable bonds is 3. The molecule has 0 saturated heterocycles. The van der Waals surface area contributed by atoms with Gasteiger partial charge in [-0.3, -0.25) is 11.3 Å². The van der Waals surface area contributed by atoms with Crippen LogP contribution in [0.5, 0.6) is 0 Å². The van der Waals surface area contributed by atoms with Gasteiger partial charge in [-0.1, -0.05) is 68.1 Å².